The second-order valence-electron chi connectivity index (χ2n) is 3.71. The van der Waals surface area contributed by atoms with Gasteiger partial charge < -0.3 is 19.5 Å². The Morgan fingerprint density at radius 3 is 2.28 bits per heavy atom. The normalized spacial score (nSPS) is 9.94. The van der Waals surface area contributed by atoms with Crippen LogP contribution in [0.1, 0.15) is 12.5 Å². The van der Waals surface area contributed by atoms with E-state index in [-0.39, 0.29) is 0 Å². The van der Waals surface area contributed by atoms with Gasteiger partial charge in [-0.25, -0.2) is 0 Å². The molecule has 4 nitrogen and oxygen atoms in total. The number of rotatable bonds is 8. The second kappa shape index (κ2) is 7.61. The summed E-state index contributed by atoms with van der Waals surface area (Å²) < 4.78 is 16.2. The summed E-state index contributed by atoms with van der Waals surface area (Å²) in [6.45, 7) is 7.79. The summed E-state index contributed by atoms with van der Waals surface area (Å²) in [6, 6.07) is 3.90. The Morgan fingerprint density at radius 1 is 1.22 bits per heavy atom. The van der Waals surface area contributed by atoms with Crippen molar-refractivity contribution in [1.82, 2.24) is 5.32 Å². The van der Waals surface area contributed by atoms with Crippen LogP contribution in [0, 0.1) is 0 Å². The maximum absolute atomic E-state index is 5.57. The molecule has 0 unspecified atom stereocenters. The van der Waals surface area contributed by atoms with Gasteiger partial charge in [0.05, 0.1) is 14.2 Å². The molecule has 0 heterocycles. The van der Waals surface area contributed by atoms with Gasteiger partial charge in [-0.2, -0.15) is 0 Å². The predicted octanol–water partition coefficient (Wildman–Crippen LogP) is 2.38. The summed E-state index contributed by atoms with van der Waals surface area (Å²) in [5.41, 5.74) is 1.09. The molecule has 4 heteroatoms. The number of benzene rings is 1. The highest BCUT2D eigenvalue weighted by Gasteiger charge is 2.13. The highest BCUT2D eigenvalue weighted by Crippen LogP contribution is 2.38. The Morgan fingerprint density at radius 2 is 1.83 bits per heavy atom. The van der Waals surface area contributed by atoms with E-state index in [1.807, 2.05) is 12.1 Å². The molecule has 1 N–H and O–H groups in total. The molecule has 0 atom stereocenters. The molecule has 0 aromatic heterocycles. The van der Waals surface area contributed by atoms with Crippen molar-refractivity contribution in [3.8, 4) is 17.2 Å². The third kappa shape index (κ3) is 3.67. The Labute approximate surface area is 109 Å². The number of nitrogens with one attached hydrogen (secondary N) is 1. The first-order valence-electron chi connectivity index (χ1n) is 5.96. The van der Waals surface area contributed by atoms with Gasteiger partial charge in [-0.15, -0.1) is 0 Å². The number of ether oxygens (including phenoxy) is 3. The zero-order chi connectivity index (χ0) is 13.4. The first-order valence-corrected chi connectivity index (χ1v) is 5.96. The summed E-state index contributed by atoms with van der Waals surface area (Å²) >= 11 is 0. The van der Waals surface area contributed by atoms with Crippen LogP contribution < -0.4 is 19.5 Å². The lowest BCUT2D eigenvalue weighted by Crippen LogP contribution is -2.12. The number of hydrogen-bond acceptors (Lipinski definition) is 4. The van der Waals surface area contributed by atoms with Crippen molar-refractivity contribution in [2.75, 3.05) is 27.4 Å². The smallest absolute Gasteiger partial charge is 0.203 e. The van der Waals surface area contributed by atoms with Crippen molar-refractivity contribution < 1.29 is 14.2 Å². The lowest BCUT2D eigenvalue weighted by molar-refractivity contribution is 0.300. The molecule has 0 fully saturated rings. The van der Waals surface area contributed by atoms with Crippen molar-refractivity contribution in [3.05, 3.63) is 30.4 Å². The molecule has 0 aliphatic rings. The highest BCUT2D eigenvalue weighted by molar-refractivity contribution is 5.54. The molecular formula is C14H21NO3. The van der Waals surface area contributed by atoms with Crippen molar-refractivity contribution in [1.29, 1.82) is 0 Å². The van der Waals surface area contributed by atoms with Gasteiger partial charge in [0.15, 0.2) is 11.5 Å². The molecule has 0 aliphatic heterocycles. The highest BCUT2D eigenvalue weighted by atomic mass is 16.5. The minimum absolute atomic E-state index is 0.416. The van der Waals surface area contributed by atoms with Crippen LogP contribution >= 0.6 is 0 Å². The first kappa shape index (κ1) is 14.4. The zero-order valence-corrected chi connectivity index (χ0v) is 11.3. The lowest BCUT2D eigenvalue weighted by atomic mass is 10.1. The fraction of sp³-hybridized carbons (Fsp3) is 0.429. The molecule has 0 radical (unpaired) electrons. The quantitative estimate of drug-likeness (QED) is 0.720. The van der Waals surface area contributed by atoms with E-state index in [1.165, 1.54) is 0 Å². The van der Waals surface area contributed by atoms with Gasteiger partial charge in [-0.3, -0.25) is 0 Å². The van der Waals surface area contributed by atoms with E-state index in [0.29, 0.717) is 23.9 Å². The maximum atomic E-state index is 5.57. The van der Waals surface area contributed by atoms with E-state index < -0.39 is 0 Å². The van der Waals surface area contributed by atoms with E-state index in [4.69, 9.17) is 14.2 Å². The van der Waals surface area contributed by atoms with E-state index in [2.05, 4.69) is 18.8 Å². The standard InChI is InChI=1S/C14H21NO3/c1-5-7-18-14-12(16-3)8-11(10-15-6-2)9-13(14)17-4/h5,8-9,15H,1,6-7,10H2,2-4H3. The second-order valence-corrected chi connectivity index (χ2v) is 3.71. The minimum Gasteiger partial charge on any atom is -0.493 e. The first-order chi connectivity index (χ1) is 8.76. The summed E-state index contributed by atoms with van der Waals surface area (Å²) in [7, 11) is 3.24. The van der Waals surface area contributed by atoms with E-state index in [9.17, 15) is 0 Å². The summed E-state index contributed by atoms with van der Waals surface area (Å²) in [5, 5.41) is 3.26. The molecule has 0 saturated carbocycles. The van der Waals surface area contributed by atoms with Gasteiger partial charge in [0, 0.05) is 6.54 Å². The van der Waals surface area contributed by atoms with Crippen LogP contribution in [0.3, 0.4) is 0 Å². The predicted molar refractivity (Wildman–Crippen MR) is 72.6 cm³/mol. The van der Waals surface area contributed by atoms with Crippen molar-refractivity contribution in [2.24, 2.45) is 0 Å². The van der Waals surface area contributed by atoms with Crippen LogP contribution in [0.4, 0.5) is 0 Å². The van der Waals surface area contributed by atoms with Gasteiger partial charge in [0.25, 0.3) is 0 Å². The van der Waals surface area contributed by atoms with Gasteiger partial charge in [0.1, 0.15) is 6.61 Å². The molecule has 1 aromatic rings. The van der Waals surface area contributed by atoms with Crippen LogP contribution in [0.15, 0.2) is 24.8 Å². The topological polar surface area (TPSA) is 39.7 Å². The summed E-state index contributed by atoms with van der Waals surface area (Å²) in [5.74, 6) is 1.95. The fourth-order valence-corrected chi connectivity index (χ4v) is 1.59. The minimum atomic E-state index is 0.416. The van der Waals surface area contributed by atoms with Gasteiger partial charge in [0.2, 0.25) is 5.75 Å². The van der Waals surface area contributed by atoms with E-state index in [1.54, 1.807) is 20.3 Å². The Hall–Kier alpha value is -1.68. The molecule has 1 rings (SSSR count). The van der Waals surface area contributed by atoms with Gasteiger partial charge >= 0.3 is 0 Å². The van der Waals surface area contributed by atoms with Crippen molar-refractivity contribution in [2.45, 2.75) is 13.5 Å². The molecule has 0 amide bonds. The fourth-order valence-electron chi connectivity index (χ4n) is 1.59. The summed E-state index contributed by atoms with van der Waals surface area (Å²) in [4.78, 5) is 0. The van der Waals surface area contributed by atoms with Gasteiger partial charge in [-0.05, 0) is 24.2 Å². The average Bonchev–Trinajstić information content (AvgIpc) is 2.42. The largest absolute Gasteiger partial charge is 0.493 e. The molecule has 18 heavy (non-hydrogen) atoms. The Kier molecular flexibility index (Phi) is 6.08. The van der Waals surface area contributed by atoms with Crippen molar-refractivity contribution >= 4 is 0 Å². The maximum Gasteiger partial charge on any atom is 0.203 e. The molecule has 0 saturated heterocycles. The molecule has 100 valence electrons. The Bertz CT molecular complexity index is 366. The van der Waals surface area contributed by atoms with Crippen LogP contribution in [-0.4, -0.2) is 27.4 Å². The molecule has 0 aliphatic carbocycles. The average molecular weight is 251 g/mol. The van der Waals surface area contributed by atoms with E-state index in [0.717, 1.165) is 18.7 Å². The Balaban J connectivity index is 3.03. The molecule has 0 bridgehead atoms. The van der Waals surface area contributed by atoms with E-state index >= 15 is 0 Å². The number of methoxy groups -OCH3 is 2. The lowest BCUT2D eigenvalue weighted by Gasteiger charge is -2.15. The van der Waals surface area contributed by atoms with Gasteiger partial charge in [-0.1, -0.05) is 19.6 Å². The molecule has 1 aromatic carbocycles. The third-order valence-corrected chi connectivity index (χ3v) is 2.45. The van der Waals surface area contributed by atoms with Crippen LogP contribution in [0.5, 0.6) is 17.2 Å². The molecule has 0 spiro atoms. The number of hydrogen-bond donors (Lipinski definition) is 1. The van der Waals surface area contributed by atoms with Crippen LogP contribution in [0.25, 0.3) is 0 Å². The molecular weight excluding hydrogens is 230 g/mol. The third-order valence-electron chi connectivity index (χ3n) is 2.45. The summed E-state index contributed by atoms with van der Waals surface area (Å²) in [6.07, 6.45) is 1.69. The van der Waals surface area contributed by atoms with Crippen LogP contribution in [0.2, 0.25) is 0 Å². The zero-order valence-electron chi connectivity index (χ0n) is 11.3. The monoisotopic (exact) mass is 251 g/mol. The SMILES string of the molecule is C=CCOc1c(OC)cc(CNCC)cc1OC. The van der Waals surface area contributed by atoms with Crippen molar-refractivity contribution in [3.63, 3.8) is 0 Å². The van der Waals surface area contributed by atoms with Crippen LogP contribution in [-0.2, 0) is 6.54 Å².